The molecule has 2 rings (SSSR count). The highest BCUT2D eigenvalue weighted by Gasteiger charge is 2.11. The molecule has 0 spiro atoms. The van der Waals surface area contributed by atoms with E-state index in [9.17, 15) is 5.11 Å². The minimum atomic E-state index is -0.515. The lowest BCUT2D eigenvalue weighted by Gasteiger charge is -2.12. The molecule has 84 valence electrons. The van der Waals surface area contributed by atoms with Gasteiger partial charge >= 0.3 is 0 Å². The first-order valence-corrected chi connectivity index (χ1v) is 5.33. The number of aliphatic hydroxyl groups is 1. The van der Waals surface area contributed by atoms with E-state index in [4.69, 9.17) is 4.74 Å². The van der Waals surface area contributed by atoms with Gasteiger partial charge in [-0.2, -0.15) is 0 Å². The van der Waals surface area contributed by atoms with Gasteiger partial charge in [0, 0.05) is 37.3 Å². The predicted molar refractivity (Wildman–Crippen MR) is 63.2 cm³/mol. The van der Waals surface area contributed by atoms with Crippen LogP contribution in [0.2, 0.25) is 0 Å². The molecule has 0 aliphatic heterocycles. The molecule has 3 nitrogen and oxygen atoms in total. The van der Waals surface area contributed by atoms with Crippen LogP contribution in [0.4, 0.5) is 0 Å². The number of benzene rings is 1. The summed E-state index contributed by atoms with van der Waals surface area (Å²) in [5.74, 6) is 0. The van der Waals surface area contributed by atoms with E-state index in [2.05, 4.69) is 4.98 Å². The van der Waals surface area contributed by atoms with Crippen molar-refractivity contribution in [2.45, 2.75) is 12.5 Å². The SMILES string of the molecule is COCCC(O)c1cccc2cccnc12. The molecule has 0 saturated heterocycles. The van der Waals surface area contributed by atoms with Crippen molar-refractivity contribution in [3.63, 3.8) is 0 Å². The molecular formula is C13H15NO2. The first kappa shape index (κ1) is 11.0. The molecule has 0 aliphatic carbocycles. The second-order valence-electron chi connectivity index (χ2n) is 3.72. The number of nitrogens with zero attached hydrogens (tertiary/aromatic N) is 1. The van der Waals surface area contributed by atoms with Gasteiger partial charge in [-0.3, -0.25) is 4.98 Å². The molecule has 0 saturated carbocycles. The number of methoxy groups -OCH3 is 1. The number of hydrogen-bond acceptors (Lipinski definition) is 3. The van der Waals surface area contributed by atoms with Crippen molar-refractivity contribution in [1.29, 1.82) is 0 Å². The summed E-state index contributed by atoms with van der Waals surface area (Å²) in [7, 11) is 1.63. The Hall–Kier alpha value is -1.45. The molecule has 1 unspecified atom stereocenters. The maximum atomic E-state index is 10.0. The van der Waals surface area contributed by atoms with Gasteiger partial charge in [0.2, 0.25) is 0 Å². The zero-order valence-electron chi connectivity index (χ0n) is 9.26. The van der Waals surface area contributed by atoms with Gasteiger partial charge < -0.3 is 9.84 Å². The Morgan fingerprint density at radius 3 is 2.94 bits per heavy atom. The van der Waals surface area contributed by atoms with Crippen LogP contribution in [-0.4, -0.2) is 23.8 Å². The van der Waals surface area contributed by atoms with Crippen molar-refractivity contribution in [1.82, 2.24) is 4.98 Å². The van der Waals surface area contributed by atoms with Gasteiger partial charge in [-0.1, -0.05) is 24.3 Å². The predicted octanol–water partition coefficient (Wildman–Crippen LogP) is 2.30. The van der Waals surface area contributed by atoms with Crippen molar-refractivity contribution in [3.05, 3.63) is 42.1 Å². The van der Waals surface area contributed by atoms with Crippen molar-refractivity contribution in [3.8, 4) is 0 Å². The fourth-order valence-electron chi connectivity index (χ4n) is 1.78. The number of hydrogen-bond donors (Lipinski definition) is 1. The summed E-state index contributed by atoms with van der Waals surface area (Å²) in [6.07, 6.45) is 1.82. The molecule has 1 aromatic heterocycles. The molecule has 16 heavy (non-hydrogen) atoms. The Labute approximate surface area is 94.7 Å². The summed E-state index contributed by atoms with van der Waals surface area (Å²) in [5, 5.41) is 11.1. The van der Waals surface area contributed by atoms with E-state index in [0.29, 0.717) is 13.0 Å². The molecular weight excluding hydrogens is 202 g/mol. The number of para-hydroxylation sites is 1. The largest absolute Gasteiger partial charge is 0.388 e. The Balaban J connectivity index is 2.36. The van der Waals surface area contributed by atoms with Gasteiger partial charge in [0.1, 0.15) is 0 Å². The van der Waals surface area contributed by atoms with Crippen molar-refractivity contribution in [2.24, 2.45) is 0 Å². The smallest absolute Gasteiger partial charge is 0.0833 e. The number of rotatable bonds is 4. The van der Waals surface area contributed by atoms with E-state index in [1.807, 2.05) is 30.3 Å². The number of ether oxygens (including phenoxy) is 1. The monoisotopic (exact) mass is 217 g/mol. The summed E-state index contributed by atoms with van der Waals surface area (Å²) < 4.78 is 4.97. The maximum Gasteiger partial charge on any atom is 0.0833 e. The Bertz CT molecular complexity index is 465. The summed E-state index contributed by atoms with van der Waals surface area (Å²) in [5.41, 5.74) is 1.74. The number of fused-ring (bicyclic) bond motifs is 1. The third-order valence-corrected chi connectivity index (χ3v) is 2.62. The van der Waals surface area contributed by atoms with Crippen LogP contribution < -0.4 is 0 Å². The van der Waals surface area contributed by atoms with E-state index in [1.54, 1.807) is 13.3 Å². The summed E-state index contributed by atoms with van der Waals surface area (Å²) >= 11 is 0. The van der Waals surface area contributed by atoms with Gasteiger partial charge in [-0.25, -0.2) is 0 Å². The van der Waals surface area contributed by atoms with E-state index in [1.165, 1.54) is 0 Å². The van der Waals surface area contributed by atoms with Crippen LogP contribution >= 0.6 is 0 Å². The van der Waals surface area contributed by atoms with Crippen molar-refractivity contribution >= 4 is 10.9 Å². The first-order valence-electron chi connectivity index (χ1n) is 5.33. The summed E-state index contributed by atoms with van der Waals surface area (Å²) in [4.78, 5) is 4.31. The third-order valence-electron chi connectivity index (χ3n) is 2.62. The number of aromatic nitrogens is 1. The van der Waals surface area contributed by atoms with Crippen LogP contribution in [0.1, 0.15) is 18.1 Å². The van der Waals surface area contributed by atoms with Gasteiger partial charge in [0.25, 0.3) is 0 Å². The summed E-state index contributed by atoms with van der Waals surface area (Å²) in [6, 6.07) is 9.74. The molecule has 2 aromatic rings. The number of pyridine rings is 1. The number of aliphatic hydroxyl groups excluding tert-OH is 1. The Kier molecular flexibility index (Phi) is 3.49. The lowest BCUT2D eigenvalue weighted by atomic mass is 10.0. The standard InChI is InChI=1S/C13H15NO2/c1-16-9-7-12(15)11-6-2-4-10-5-3-8-14-13(10)11/h2-6,8,12,15H,7,9H2,1H3. The first-order chi connectivity index (χ1) is 7.83. The molecule has 3 heteroatoms. The lowest BCUT2D eigenvalue weighted by Crippen LogP contribution is -2.03. The van der Waals surface area contributed by atoms with Crippen molar-refractivity contribution in [2.75, 3.05) is 13.7 Å². The molecule has 0 bridgehead atoms. The fourth-order valence-corrected chi connectivity index (χ4v) is 1.78. The quantitative estimate of drug-likeness (QED) is 0.854. The van der Waals surface area contributed by atoms with Crippen LogP contribution in [0.3, 0.4) is 0 Å². The van der Waals surface area contributed by atoms with Crippen LogP contribution in [0.25, 0.3) is 10.9 Å². The van der Waals surface area contributed by atoms with Crippen LogP contribution in [0, 0.1) is 0 Å². The minimum absolute atomic E-state index is 0.515. The van der Waals surface area contributed by atoms with Gasteiger partial charge in [0.15, 0.2) is 0 Å². The zero-order chi connectivity index (χ0) is 11.4. The maximum absolute atomic E-state index is 10.0. The molecule has 1 N–H and O–H groups in total. The second-order valence-corrected chi connectivity index (χ2v) is 3.72. The average molecular weight is 217 g/mol. The lowest BCUT2D eigenvalue weighted by molar-refractivity contribution is 0.111. The van der Waals surface area contributed by atoms with Gasteiger partial charge in [-0.15, -0.1) is 0 Å². The van der Waals surface area contributed by atoms with Crippen molar-refractivity contribution < 1.29 is 9.84 Å². The highest BCUT2D eigenvalue weighted by molar-refractivity contribution is 5.81. The van der Waals surface area contributed by atoms with E-state index in [0.717, 1.165) is 16.5 Å². The second kappa shape index (κ2) is 5.05. The molecule has 0 amide bonds. The van der Waals surface area contributed by atoms with Crippen LogP contribution in [0.5, 0.6) is 0 Å². The van der Waals surface area contributed by atoms with E-state index < -0.39 is 6.10 Å². The van der Waals surface area contributed by atoms with Crippen LogP contribution in [-0.2, 0) is 4.74 Å². The molecule has 0 fully saturated rings. The van der Waals surface area contributed by atoms with E-state index in [-0.39, 0.29) is 0 Å². The normalized spacial score (nSPS) is 12.9. The average Bonchev–Trinajstić information content (AvgIpc) is 2.35. The molecule has 1 heterocycles. The molecule has 0 aliphatic rings. The fraction of sp³-hybridized carbons (Fsp3) is 0.308. The highest BCUT2D eigenvalue weighted by atomic mass is 16.5. The van der Waals surface area contributed by atoms with Gasteiger partial charge in [-0.05, 0) is 6.07 Å². The van der Waals surface area contributed by atoms with E-state index >= 15 is 0 Å². The highest BCUT2D eigenvalue weighted by Crippen LogP contribution is 2.24. The molecule has 1 aromatic carbocycles. The van der Waals surface area contributed by atoms with Crippen LogP contribution in [0.15, 0.2) is 36.5 Å². The third kappa shape index (κ3) is 2.21. The Morgan fingerprint density at radius 2 is 2.12 bits per heavy atom. The molecule has 0 radical (unpaired) electrons. The topological polar surface area (TPSA) is 42.4 Å². The molecule has 1 atom stereocenters. The van der Waals surface area contributed by atoms with Gasteiger partial charge in [0.05, 0.1) is 11.6 Å². The zero-order valence-corrected chi connectivity index (χ0v) is 9.26. The minimum Gasteiger partial charge on any atom is -0.388 e. The summed E-state index contributed by atoms with van der Waals surface area (Å²) in [6.45, 7) is 0.546. The Morgan fingerprint density at radius 1 is 1.31 bits per heavy atom.